The van der Waals surface area contributed by atoms with Crippen LogP contribution in [0.4, 0.5) is 5.69 Å². The number of carbonyl (C=O) groups excluding carboxylic acids is 1. The molecule has 0 unspecified atom stereocenters. The maximum absolute atomic E-state index is 13.0. The Kier molecular flexibility index (Phi) is 6.74. The fraction of sp³-hybridized carbons (Fsp3) is 0.680. The molecule has 0 aromatic heterocycles. The topological polar surface area (TPSA) is 141 Å². The molecule has 0 saturated carbocycles. The highest BCUT2D eigenvalue weighted by atomic mass is 16.5. The summed E-state index contributed by atoms with van der Waals surface area (Å²) in [6.07, 6.45) is 2.02. The number of fused-ring (bicyclic) bond motifs is 5. The Bertz CT molecular complexity index is 1010. The number of amides is 1. The first-order chi connectivity index (χ1) is 16.9. The lowest BCUT2D eigenvalue weighted by Crippen LogP contribution is -2.66. The summed E-state index contributed by atoms with van der Waals surface area (Å²) in [6.45, 7) is 0.534. The van der Waals surface area contributed by atoms with Gasteiger partial charge in [0.1, 0.15) is 17.8 Å². The number of piperidine rings is 1. The largest absolute Gasteiger partial charge is 0.494 e. The monoisotopic (exact) mass is 485 g/mol. The maximum Gasteiger partial charge on any atom is 0.244 e. The lowest BCUT2D eigenvalue weighted by atomic mass is 9.80. The van der Waals surface area contributed by atoms with Crippen LogP contribution in [0.25, 0.3) is 0 Å². The third-order valence-corrected chi connectivity index (χ3v) is 8.60. The van der Waals surface area contributed by atoms with Crippen molar-refractivity contribution in [2.45, 2.75) is 68.0 Å². The van der Waals surface area contributed by atoms with E-state index in [0.29, 0.717) is 30.8 Å². The zero-order valence-corrected chi connectivity index (χ0v) is 20.2. The molecule has 190 valence electrons. The molecule has 4 aliphatic heterocycles. The van der Waals surface area contributed by atoms with Crippen LogP contribution in [0.2, 0.25) is 0 Å². The zero-order chi connectivity index (χ0) is 24.9. The molecule has 1 aromatic carbocycles. The van der Waals surface area contributed by atoms with Gasteiger partial charge in [-0.25, -0.2) is 0 Å². The molecule has 5 rings (SSSR count). The Morgan fingerprint density at radius 3 is 2.77 bits per heavy atom. The van der Waals surface area contributed by atoms with Crippen molar-refractivity contribution < 1.29 is 24.9 Å². The van der Waals surface area contributed by atoms with E-state index >= 15 is 0 Å². The van der Waals surface area contributed by atoms with Crippen LogP contribution in [0, 0.1) is 17.2 Å². The summed E-state index contributed by atoms with van der Waals surface area (Å²) >= 11 is 0. The van der Waals surface area contributed by atoms with Gasteiger partial charge in [-0.3, -0.25) is 14.6 Å². The molecule has 8 atom stereocenters. The van der Waals surface area contributed by atoms with Crippen LogP contribution >= 0.6 is 0 Å². The van der Waals surface area contributed by atoms with Gasteiger partial charge in [0.05, 0.1) is 37.6 Å². The SMILES string of the molecule is COc1c(NC(=O)[C@H]2NCCC[C@H]2O)ccc2c1[C@@H](CO)N1[C@@H](C#N)[C@H]3C[C@H](CO)[C@@H]([C@@H]1C2)N3C. The number of nitrogens with zero attached hydrogens (tertiary/aromatic N) is 3. The minimum Gasteiger partial charge on any atom is -0.494 e. The Morgan fingerprint density at radius 1 is 1.31 bits per heavy atom. The van der Waals surface area contributed by atoms with Crippen LogP contribution < -0.4 is 15.4 Å². The number of carbonyl (C=O) groups is 1. The minimum absolute atomic E-state index is 0.0262. The molecule has 4 aliphatic rings. The van der Waals surface area contributed by atoms with E-state index in [9.17, 15) is 25.4 Å². The number of rotatable bonds is 5. The number of ether oxygens (including phenoxy) is 1. The van der Waals surface area contributed by atoms with E-state index in [1.54, 1.807) is 0 Å². The summed E-state index contributed by atoms with van der Waals surface area (Å²) in [7, 11) is 3.57. The van der Waals surface area contributed by atoms with Crippen molar-refractivity contribution in [3.63, 3.8) is 0 Å². The van der Waals surface area contributed by atoms with Gasteiger partial charge in [-0.05, 0) is 50.9 Å². The number of anilines is 1. The fourth-order valence-electron chi connectivity index (χ4n) is 7.09. The van der Waals surface area contributed by atoms with Crippen LogP contribution in [-0.4, -0.2) is 101 Å². The van der Waals surface area contributed by atoms with Gasteiger partial charge in [-0.1, -0.05) is 6.07 Å². The van der Waals surface area contributed by atoms with Gasteiger partial charge < -0.3 is 30.7 Å². The molecule has 1 amide bonds. The summed E-state index contributed by atoms with van der Waals surface area (Å²) in [4.78, 5) is 17.3. The third-order valence-electron chi connectivity index (χ3n) is 8.60. The van der Waals surface area contributed by atoms with Crippen molar-refractivity contribution in [3.05, 3.63) is 23.3 Å². The molecular weight excluding hydrogens is 450 g/mol. The molecule has 3 fully saturated rings. The average Bonchev–Trinajstić information content (AvgIpc) is 3.11. The van der Waals surface area contributed by atoms with Gasteiger partial charge in [-0.15, -0.1) is 0 Å². The number of methoxy groups -OCH3 is 1. The van der Waals surface area contributed by atoms with E-state index in [1.165, 1.54) is 7.11 Å². The van der Waals surface area contributed by atoms with Gasteiger partial charge in [-0.2, -0.15) is 5.26 Å². The normalized spacial score (nSPS) is 36.7. The second kappa shape index (κ2) is 9.65. The van der Waals surface area contributed by atoms with Gasteiger partial charge in [0.15, 0.2) is 0 Å². The van der Waals surface area contributed by atoms with Crippen LogP contribution in [0.5, 0.6) is 5.75 Å². The van der Waals surface area contributed by atoms with Gasteiger partial charge in [0, 0.05) is 36.2 Å². The average molecular weight is 486 g/mol. The number of nitrogens with one attached hydrogen (secondary N) is 2. The van der Waals surface area contributed by atoms with Crippen molar-refractivity contribution in [3.8, 4) is 11.8 Å². The molecule has 3 saturated heterocycles. The highest BCUT2D eigenvalue weighted by molar-refractivity contribution is 5.97. The highest BCUT2D eigenvalue weighted by Gasteiger charge is 2.58. The van der Waals surface area contributed by atoms with Gasteiger partial charge >= 0.3 is 0 Å². The van der Waals surface area contributed by atoms with Gasteiger partial charge in [0.25, 0.3) is 0 Å². The molecule has 10 nitrogen and oxygen atoms in total. The first-order valence-corrected chi connectivity index (χ1v) is 12.5. The zero-order valence-electron chi connectivity index (χ0n) is 20.2. The van der Waals surface area contributed by atoms with Crippen molar-refractivity contribution in [1.82, 2.24) is 15.1 Å². The summed E-state index contributed by atoms with van der Waals surface area (Å²) < 4.78 is 5.80. The number of benzene rings is 1. The second-order valence-corrected chi connectivity index (χ2v) is 10.2. The Labute approximate surface area is 205 Å². The lowest BCUT2D eigenvalue weighted by molar-refractivity contribution is -0.121. The van der Waals surface area contributed by atoms with Crippen LogP contribution in [-0.2, 0) is 11.2 Å². The lowest BCUT2D eigenvalue weighted by Gasteiger charge is -2.54. The number of hydrogen-bond acceptors (Lipinski definition) is 9. The standard InChI is InChI=1S/C25H35N5O5/c1-29-16-9-14(11-31)23(29)17-8-13-5-6-15(28-25(34)22-20(33)4-3-7-27-22)24(35-2)21(13)19(12-32)30(17)18(16)10-26/h5-6,14,16-20,22-23,27,31-33H,3-4,7-9,11-12H2,1-2H3,(H,28,34)/t14-,16-,17+,18+,19-,20-,22+,23+/m1/s1. The van der Waals surface area contributed by atoms with E-state index in [4.69, 9.17) is 4.74 Å². The third kappa shape index (κ3) is 3.82. The molecule has 10 heteroatoms. The fourth-order valence-corrected chi connectivity index (χ4v) is 7.09. The molecule has 2 bridgehead atoms. The number of piperazine rings is 1. The molecule has 0 spiro atoms. The van der Waals surface area contributed by atoms with Crippen molar-refractivity contribution in [2.24, 2.45) is 5.92 Å². The van der Waals surface area contributed by atoms with E-state index in [-0.39, 0.29) is 43.2 Å². The van der Waals surface area contributed by atoms with Crippen LogP contribution in [0.1, 0.15) is 36.4 Å². The summed E-state index contributed by atoms with van der Waals surface area (Å²) in [5.74, 6) is 0.218. The number of aliphatic hydroxyl groups is 3. The second-order valence-electron chi connectivity index (χ2n) is 10.2. The van der Waals surface area contributed by atoms with E-state index in [2.05, 4.69) is 26.5 Å². The molecule has 5 N–H and O–H groups in total. The van der Waals surface area contributed by atoms with Gasteiger partial charge in [0.2, 0.25) is 5.91 Å². The molecule has 0 aliphatic carbocycles. The van der Waals surface area contributed by atoms with E-state index in [1.807, 2.05) is 19.2 Å². The van der Waals surface area contributed by atoms with Crippen LogP contribution in [0.3, 0.4) is 0 Å². The molecule has 0 radical (unpaired) electrons. The minimum atomic E-state index is -0.755. The Balaban J connectivity index is 1.53. The van der Waals surface area contributed by atoms with E-state index < -0.39 is 24.2 Å². The van der Waals surface area contributed by atoms with E-state index in [0.717, 1.165) is 24.0 Å². The number of aliphatic hydroxyl groups excluding tert-OH is 3. The quantitative estimate of drug-likeness (QED) is 0.376. The Morgan fingerprint density at radius 2 is 2.11 bits per heavy atom. The smallest absolute Gasteiger partial charge is 0.244 e. The summed E-state index contributed by atoms with van der Waals surface area (Å²) in [5, 5.41) is 47.1. The van der Waals surface area contributed by atoms with Crippen LogP contribution in [0.15, 0.2) is 12.1 Å². The predicted octanol–water partition coefficient (Wildman–Crippen LogP) is -0.406. The predicted molar refractivity (Wildman–Crippen MR) is 128 cm³/mol. The first kappa shape index (κ1) is 24.4. The number of nitriles is 1. The summed E-state index contributed by atoms with van der Waals surface area (Å²) in [5.41, 5.74) is 2.26. The van der Waals surface area contributed by atoms with Crippen molar-refractivity contribution in [2.75, 3.05) is 39.2 Å². The maximum atomic E-state index is 13.0. The highest BCUT2D eigenvalue weighted by Crippen LogP contribution is 2.50. The number of likely N-dealkylation sites (N-methyl/N-ethyl adjacent to an activating group) is 1. The summed E-state index contributed by atoms with van der Waals surface area (Å²) in [6, 6.07) is 4.65. The Hall–Kier alpha value is -2.26. The molecular formula is C25H35N5O5. The van der Waals surface area contributed by atoms with Crippen molar-refractivity contribution >= 4 is 11.6 Å². The number of hydrogen-bond donors (Lipinski definition) is 5. The first-order valence-electron chi connectivity index (χ1n) is 12.5. The molecule has 35 heavy (non-hydrogen) atoms. The molecule has 4 heterocycles. The molecule has 1 aromatic rings. The van der Waals surface area contributed by atoms with Crippen molar-refractivity contribution in [1.29, 1.82) is 5.26 Å².